The van der Waals surface area contributed by atoms with E-state index in [0.29, 0.717) is 47.7 Å². The smallest absolute Gasteiger partial charge is 0.338 e. The van der Waals surface area contributed by atoms with Crippen molar-refractivity contribution in [2.24, 2.45) is 4.99 Å². The third-order valence-corrected chi connectivity index (χ3v) is 8.39. The average Bonchev–Trinajstić information content (AvgIpc) is 3.57. The predicted octanol–water partition coefficient (Wildman–Crippen LogP) is 3.38. The predicted molar refractivity (Wildman–Crippen MR) is 152 cm³/mol. The van der Waals surface area contributed by atoms with Gasteiger partial charge in [0, 0.05) is 18.5 Å². The number of allylic oxidation sites excluding steroid dienone is 1. The zero-order chi connectivity index (χ0) is 29.4. The fourth-order valence-electron chi connectivity index (χ4n) is 4.63. The number of carbonyl (C=O) groups excluding carboxylic acids is 1. The molecule has 0 aliphatic carbocycles. The number of esters is 1. The minimum absolute atomic E-state index is 0.0724. The topological polar surface area (TPSA) is 148 Å². The molecule has 0 saturated carbocycles. The van der Waals surface area contributed by atoms with Crippen molar-refractivity contribution in [1.29, 1.82) is 0 Å². The zero-order valence-corrected chi connectivity index (χ0v) is 23.8. The van der Waals surface area contributed by atoms with Gasteiger partial charge in [0.25, 0.3) is 11.2 Å². The lowest BCUT2D eigenvalue weighted by molar-refractivity contribution is -0.387. The Morgan fingerprint density at radius 2 is 2.00 bits per heavy atom. The molecule has 0 fully saturated rings. The summed E-state index contributed by atoms with van der Waals surface area (Å²) in [4.78, 5) is 52.0. The fourth-order valence-corrected chi connectivity index (χ4v) is 6.48. The summed E-state index contributed by atoms with van der Waals surface area (Å²) in [7, 11) is 0. The van der Waals surface area contributed by atoms with Crippen LogP contribution in [0.2, 0.25) is 0 Å². The van der Waals surface area contributed by atoms with E-state index in [-0.39, 0.29) is 24.7 Å². The number of hydrogen-bond acceptors (Lipinski definition) is 12. The molecule has 4 heterocycles. The monoisotopic (exact) mass is 603 g/mol. The Balaban J connectivity index is 1.46. The molecule has 6 rings (SSSR count). The van der Waals surface area contributed by atoms with Crippen LogP contribution in [-0.4, -0.2) is 38.8 Å². The van der Waals surface area contributed by atoms with Crippen LogP contribution in [0.3, 0.4) is 0 Å². The van der Waals surface area contributed by atoms with Gasteiger partial charge in [0.1, 0.15) is 0 Å². The molecule has 42 heavy (non-hydrogen) atoms. The van der Waals surface area contributed by atoms with Gasteiger partial charge in [-0.3, -0.25) is 19.5 Å². The number of nitro benzene ring substituents is 1. The van der Waals surface area contributed by atoms with Crippen molar-refractivity contribution in [3.05, 3.63) is 107 Å². The minimum atomic E-state index is -0.837. The van der Waals surface area contributed by atoms with Gasteiger partial charge >= 0.3 is 5.97 Å². The van der Waals surface area contributed by atoms with E-state index in [1.54, 1.807) is 68.7 Å². The molecular weight excluding hydrogens is 582 g/mol. The van der Waals surface area contributed by atoms with E-state index in [9.17, 15) is 19.7 Å². The van der Waals surface area contributed by atoms with Crippen LogP contribution in [-0.2, 0) is 9.53 Å². The van der Waals surface area contributed by atoms with E-state index in [1.807, 2.05) is 0 Å². The molecular formula is C28H21N5O7S2. The lowest BCUT2D eigenvalue weighted by atomic mass is 9.95. The number of aromatic nitrogens is 3. The van der Waals surface area contributed by atoms with Crippen molar-refractivity contribution < 1.29 is 23.9 Å². The first-order chi connectivity index (χ1) is 20.3. The van der Waals surface area contributed by atoms with Crippen LogP contribution in [0, 0.1) is 10.1 Å². The van der Waals surface area contributed by atoms with Crippen LogP contribution in [0.25, 0.3) is 6.08 Å². The Labute approximate surface area is 245 Å². The first-order valence-electron chi connectivity index (χ1n) is 12.7. The van der Waals surface area contributed by atoms with E-state index in [2.05, 4.69) is 15.0 Å². The molecule has 0 radical (unpaired) electrons. The maximum Gasteiger partial charge on any atom is 0.338 e. The Morgan fingerprint density at radius 1 is 1.21 bits per heavy atom. The van der Waals surface area contributed by atoms with Crippen molar-refractivity contribution in [3.8, 4) is 11.5 Å². The molecule has 14 heteroatoms. The van der Waals surface area contributed by atoms with Crippen LogP contribution >= 0.6 is 23.1 Å². The van der Waals surface area contributed by atoms with Crippen molar-refractivity contribution in [2.75, 3.05) is 13.4 Å². The zero-order valence-electron chi connectivity index (χ0n) is 22.2. The molecule has 2 aliphatic heterocycles. The molecule has 0 saturated heterocycles. The van der Waals surface area contributed by atoms with Gasteiger partial charge < -0.3 is 14.2 Å². The number of carbonyl (C=O) groups is 1. The lowest BCUT2D eigenvalue weighted by Crippen LogP contribution is -2.39. The Morgan fingerprint density at radius 3 is 2.76 bits per heavy atom. The molecule has 2 aliphatic rings. The summed E-state index contributed by atoms with van der Waals surface area (Å²) in [5.41, 5.74) is 1.16. The van der Waals surface area contributed by atoms with E-state index in [0.717, 1.165) is 23.1 Å². The maximum atomic E-state index is 13.9. The lowest BCUT2D eigenvalue weighted by Gasteiger charge is -2.24. The molecule has 0 spiro atoms. The quantitative estimate of drug-likeness (QED) is 0.133. The number of fused-ring (bicyclic) bond motifs is 2. The van der Waals surface area contributed by atoms with Gasteiger partial charge in [0.15, 0.2) is 21.5 Å². The second-order valence-corrected chi connectivity index (χ2v) is 11.1. The first-order valence-corrected chi connectivity index (χ1v) is 14.3. The Kier molecular flexibility index (Phi) is 7.31. The van der Waals surface area contributed by atoms with Gasteiger partial charge in [-0.15, -0.1) is 0 Å². The molecule has 2 aromatic carbocycles. The van der Waals surface area contributed by atoms with E-state index >= 15 is 0 Å². The summed E-state index contributed by atoms with van der Waals surface area (Å²) in [6.07, 6.45) is 4.69. The molecule has 0 unspecified atom stereocenters. The van der Waals surface area contributed by atoms with Gasteiger partial charge in [-0.1, -0.05) is 23.5 Å². The average molecular weight is 604 g/mol. The van der Waals surface area contributed by atoms with Gasteiger partial charge in [-0.25, -0.2) is 19.8 Å². The van der Waals surface area contributed by atoms with E-state index < -0.39 is 22.5 Å². The van der Waals surface area contributed by atoms with Gasteiger partial charge in [0.05, 0.1) is 38.3 Å². The number of nitrogens with zero attached hydrogens (tertiary/aromatic N) is 5. The summed E-state index contributed by atoms with van der Waals surface area (Å²) >= 11 is 2.20. The highest BCUT2D eigenvalue weighted by Gasteiger charge is 2.34. The number of thiazole rings is 1. The van der Waals surface area contributed by atoms with Crippen LogP contribution < -0.4 is 24.4 Å². The molecule has 0 amide bonds. The standard InChI is InChI=1S/C28H21N5O7S2/c1-3-38-26(35)23-15(2)31-28-32(24(23)17-6-7-19-20(13-17)40-14-39-19)25(34)22(42-28)12-16-5-8-21(18(11-16)33(36)37)41-27-29-9-4-10-30-27/h4-13,24H,3,14H2,1-2H3/b22-12+/t24-/m0/s1. The van der Waals surface area contributed by atoms with Crippen LogP contribution in [0.4, 0.5) is 5.69 Å². The molecule has 0 N–H and O–H groups in total. The van der Waals surface area contributed by atoms with Crippen LogP contribution in [0.1, 0.15) is 31.0 Å². The highest BCUT2D eigenvalue weighted by Crippen LogP contribution is 2.38. The third kappa shape index (κ3) is 5.05. The van der Waals surface area contributed by atoms with Crippen LogP contribution in [0.15, 0.2) is 86.0 Å². The SMILES string of the molecule is CCOC(=O)C1=C(C)N=c2s/c(=C/c3ccc(Sc4ncccn4)c([N+](=O)[O-])c3)c(=O)n2[C@H]1c1ccc2c(c1)OCO2. The molecule has 0 bridgehead atoms. The first kappa shape index (κ1) is 27.4. The number of rotatable bonds is 7. The molecule has 12 nitrogen and oxygen atoms in total. The third-order valence-electron chi connectivity index (χ3n) is 6.45. The molecule has 212 valence electrons. The van der Waals surface area contributed by atoms with Crippen molar-refractivity contribution in [1.82, 2.24) is 14.5 Å². The maximum absolute atomic E-state index is 13.9. The summed E-state index contributed by atoms with van der Waals surface area (Å²) < 4.78 is 18.0. The fraction of sp³-hybridized carbons (Fsp3) is 0.179. The van der Waals surface area contributed by atoms with Crippen molar-refractivity contribution >= 4 is 40.8 Å². The molecule has 1 atom stereocenters. The Bertz CT molecular complexity index is 1950. The van der Waals surface area contributed by atoms with Gasteiger partial charge in [-0.05, 0) is 67.1 Å². The highest BCUT2D eigenvalue weighted by atomic mass is 32.2. The number of ether oxygens (including phenoxy) is 3. The summed E-state index contributed by atoms with van der Waals surface area (Å²) in [6.45, 7) is 3.62. The second kappa shape index (κ2) is 11.2. The Hall–Kier alpha value is -4.82. The highest BCUT2D eigenvalue weighted by molar-refractivity contribution is 7.99. The summed E-state index contributed by atoms with van der Waals surface area (Å²) in [6, 6.07) is 10.7. The van der Waals surface area contributed by atoms with Gasteiger partial charge in [-0.2, -0.15) is 0 Å². The second-order valence-electron chi connectivity index (χ2n) is 9.03. The van der Waals surface area contributed by atoms with Crippen molar-refractivity contribution in [2.45, 2.75) is 29.9 Å². The largest absolute Gasteiger partial charge is 0.463 e. The number of hydrogen-bond donors (Lipinski definition) is 0. The molecule has 4 aromatic rings. The minimum Gasteiger partial charge on any atom is -0.463 e. The van der Waals surface area contributed by atoms with E-state index in [1.165, 1.54) is 10.6 Å². The normalized spacial score (nSPS) is 15.8. The van der Waals surface area contributed by atoms with Gasteiger partial charge in [0.2, 0.25) is 6.79 Å². The van der Waals surface area contributed by atoms with Crippen molar-refractivity contribution in [3.63, 3.8) is 0 Å². The number of benzene rings is 2. The number of nitro groups is 1. The summed E-state index contributed by atoms with van der Waals surface area (Å²) in [5.74, 6) is 0.479. The van der Waals surface area contributed by atoms with Crippen LogP contribution in [0.5, 0.6) is 11.5 Å². The molecule has 2 aromatic heterocycles. The van der Waals surface area contributed by atoms with E-state index in [4.69, 9.17) is 14.2 Å². The summed E-state index contributed by atoms with van der Waals surface area (Å²) in [5, 5.41) is 12.3.